The number of nitrogens with zero attached hydrogens (tertiary/aromatic N) is 7. The molecule has 0 radical (unpaired) electrons. The first-order valence-corrected chi connectivity index (χ1v) is 14.8. The van der Waals surface area contributed by atoms with Gasteiger partial charge in [-0.15, -0.1) is 0 Å². The largest absolute Gasteiger partial charge is 0.394 e. The Morgan fingerprint density at radius 2 is 1.81 bits per heavy atom. The molecular formula is C20H21F2N10O8PS. The number of hydrogen-bond donors (Lipinski definition) is 6. The second kappa shape index (κ2) is 9.36. The van der Waals surface area contributed by atoms with Crippen molar-refractivity contribution < 1.29 is 42.4 Å². The SMILES string of the molecule is Nc1nc2c(ncn2[C@@H]2O[C@H](CO)[C@@H](F)[C@H]2OP(O)(=S)OC2[C@H]3O[C@@H](n4cnc5c(N)ncnc54)[C@H](F)[C@@]23O)c(=O)[nH]1. The summed E-state index contributed by atoms with van der Waals surface area (Å²) < 4.78 is 55.4. The molecule has 18 nitrogen and oxygen atoms in total. The number of rotatable bonds is 7. The number of hydrogen-bond acceptors (Lipinski definition) is 15. The van der Waals surface area contributed by atoms with E-state index in [-0.39, 0.29) is 34.1 Å². The summed E-state index contributed by atoms with van der Waals surface area (Å²) in [6, 6.07) is 0. The molecule has 0 bridgehead atoms. The minimum absolute atomic E-state index is 0.0638. The van der Waals surface area contributed by atoms with Crippen molar-refractivity contribution in [1.82, 2.24) is 39.0 Å². The van der Waals surface area contributed by atoms with E-state index in [0.717, 1.165) is 17.2 Å². The van der Waals surface area contributed by atoms with Crippen molar-refractivity contribution in [2.45, 2.75) is 54.8 Å². The van der Waals surface area contributed by atoms with Gasteiger partial charge in [0.05, 0.1) is 19.3 Å². The number of halogens is 2. The zero-order valence-electron chi connectivity index (χ0n) is 20.8. The molecule has 10 atom stereocenters. The van der Waals surface area contributed by atoms with E-state index in [9.17, 15) is 19.9 Å². The molecule has 1 saturated carbocycles. The van der Waals surface area contributed by atoms with Crippen molar-refractivity contribution in [2.24, 2.45) is 0 Å². The molecule has 0 spiro atoms. The van der Waals surface area contributed by atoms with Crippen molar-refractivity contribution in [3.05, 3.63) is 29.3 Å². The maximum absolute atomic E-state index is 15.6. The molecule has 0 amide bonds. The van der Waals surface area contributed by atoms with Crippen molar-refractivity contribution >= 4 is 52.6 Å². The third-order valence-corrected chi connectivity index (χ3v) is 8.91. The summed E-state index contributed by atoms with van der Waals surface area (Å²) in [5.74, 6) is -0.197. The first-order valence-electron chi connectivity index (χ1n) is 12.2. The van der Waals surface area contributed by atoms with Crippen molar-refractivity contribution in [1.29, 1.82) is 0 Å². The second-order valence-corrected chi connectivity index (χ2v) is 12.6. The van der Waals surface area contributed by atoms with Crippen LogP contribution >= 0.6 is 6.72 Å². The molecule has 3 aliphatic rings. The minimum Gasteiger partial charge on any atom is -0.394 e. The van der Waals surface area contributed by atoms with Crippen molar-refractivity contribution in [3.8, 4) is 0 Å². The van der Waals surface area contributed by atoms with Crippen LogP contribution in [0.3, 0.4) is 0 Å². The Hall–Kier alpha value is -3.27. The van der Waals surface area contributed by atoms with Gasteiger partial charge in [-0.05, 0) is 11.8 Å². The third kappa shape index (κ3) is 3.97. The lowest BCUT2D eigenvalue weighted by Gasteiger charge is -2.27. The van der Waals surface area contributed by atoms with Crippen molar-refractivity contribution in [2.75, 3.05) is 18.1 Å². The first kappa shape index (κ1) is 27.6. The van der Waals surface area contributed by atoms with Gasteiger partial charge in [0.2, 0.25) is 5.95 Å². The quantitative estimate of drug-likeness (QED) is 0.125. The molecule has 1 aliphatic carbocycles. The van der Waals surface area contributed by atoms with Gasteiger partial charge < -0.3 is 36.0 Å². The Morgan fingerprint density at radius 3 is 2.50 bits per heavy atom. The molecule has 4 aromatic heterocycles. The number of aliphatic hydroxyl groups excluding tert-OH is 1. The third-order valence-electron chi connectivity index (χ3n) is 7.39. The van der Waals surface area contributed by atoms with Crippen LogP contribution in [0.5, 0.6) is 0 Å². The highest BCUT2D eigenvalue weighted by molar-refractivity contribution is 8.07. The van der Waals surface area contributed by atoms with Gasteiger partial charge >= 0.3 is 6.72 Å². The smallest absolute Gasteiger partial charge is 0.325 e. The number of fused-ring (bicyclic) bond motifs is 3. The fourth-order valence-corrected chi connectivity index (χ4v) is 7.03. The topological polar surface area (TPSA) is 257 Å². The molecule has 0 aromatic carbocycles. The summed E-state index contributed by atoms with van der Waals surface area (Å²) in [6.45, 7) is -5.23. The zero-order valence-corrected chi connectivity index (χ0v) is 22.5. The molecule has 2 saturated heterocycles. The van der Waals surface area contributed by atoms with Gasteiger partial charge in [-0.2, -0.15) is 4.98 Å². The summed E-state index contributed by atoms with van der Waals surface area (Å²) in [6.07, 6.45) is -9.40. The van der Waals surface area contributed by atoms with E-state index < -0.39 is 73.7 Å². The van der Waals surface area contributed by atoms with Gasteiger partial charge in [-0.25, -0.2) is 28.7 Å². The van der Waals surface area contributed by atoms with Gasteiger partial charge in [0, 0.05) is 0 Å². The number of alkyl halides is 2. The lowest BCUT2D eigenvalue weighted by atomic mass is 10.1. The summed E-state index contributed by atoms with van der Waals surface area (Å²) in [5, 5.41) is 20.6. The van der Waals surface area contributed by atoms with E-state index in [1.807, 2.05) is 0 Å². The maximum Gasteiger partial charge on any atom is 0.325 e. The van der Waals surface area contributed by atoms with Crippen LogP contribution in [0.25, 0.3) is 22.3 Å². The highest BCUT2D eigenvalue weighted by Crippen LogP contribution is 2.63. The van der Waals surface area contributed by atoms with Crippen molar-refractivity contribution in [3.63, 3.8) is 0 Å². The number of aromatic amines is 1. The van der Waals surface area contributed by atoms with Crippen LogP contribution in [-0.2, 0) is 30.3 Å². The highest BCUT2D eigenvalue weighted by Gasteiger charge is 2.80. The first-order chi connectivity index (χ1) is 19.9. The molecule has 224 valence electrons. The standard InChI is InChI=1S/C20H21F2N10O8PS/c21-6-5(1-33)37-17(32-4-28-8-15(32)29-19(24)30-16(8)34)9(6)39-41(36,42)40-12-11-20(12,35)10(22)18(38-11)31-3-27-7-13(23)25-2-26-14(7)31/h2-6,9-12,17-18,33,35H,1H2,(H,36,42)(H2,23,25,26)(H3,24,29,30,34)/t5-,6-,9-,10+,11-,12?,17-,18-,20+,41?/m1/s1. The van der Waals surface area contributed by atoms with E-state index in [1.165, 1.54) is 10.9 Å². The number of nitrogens with two attached hydrogens (primary N) is 2. The van der Waals surface area contributed by atoms with Crippen LogP contribution in [0, 0.1) is 0 Å². The molecule has 4 aromatic rings. The minimum atomic E-state index is -4.45. The van der Waals surface area contributed by atoms with E-state index in [4.69, 9.17) is 41.8 Å². The number of nitrogen functional groups attached to an aromatic ring is 2. The fraction of sp³-hybridized carbons (Fsp3) is 0.500. The van der Waals surface area contributed by atoms with Crippen LogP contribution < -0.4 is 17.0 Å². The lowest BCUT2D eigenvalue weighted by Crippen LogP contribution is -2.35. The molecule has 7 rings (SSSR count). The molecule has 8 N–H and O–H groups in total. The Labute approximate surface area is 236 Å². The number of ether oxygens (including phenoxy) is 2. The maximum atomic E-state index is 15.6. The van der Waals surface area contributed by atoms with Crippen LogP contribution in [0.1, 0.15) is 12.5 Å². The number of H-pyrrole nitrogens is 1. The fourth-order valence-electron chi connectivity index (χ4n) is 5.31. The normalized spacial score (nSPS) is 35.5. The van der Waals surface area contributed by atoms with E-state index in [1.54, 1.807) is 0 Å². The molecular weight excluding hydrogens is 609 g/mol. The summed E-state index contributed by atoms with van der Waals surface area (Å²) in [4.78, 5) is 45.2. The van der Waals surface area contributed by atoms with E-state index in [2.05, 4.69) is 29.9 Å². The van der Waals surface area contributed by atoms with E-state index in [0.29, 0.717) is 0 Å². The van der Waals surface area contributed by atoms with Gasteiger partial charge in [0.25, 0.3) is 5.56 Å². The van der Waals surface area contributed by atoms with Gasteiger partial charge in [-0.3, -0.25) is 28.0 Å². The number of aliphatic hydroxyl groups is 2. The number of aromatic nitrogens is 8. The Bertz CT molecular complexity index is 1830. The Morgan fingerprint density at radius 1 is 1.10 bits per heavy atom. The Balaban J connectivity index is 1.11. The summed E-state index contributed by atoms with van der Waals surface area (Å²) in [7, 11) is 0. The average molecular weight is 630 g/mol. The lowest BCUT2D eigenvalue weighted by molar-refractivity contribution is -0.0649. The zero-order chi connectivity index (χ0) is 29.7. The second-order valence-electron chi connectivity index (χ2n) is 9.85. The summed E-state index contributed by atoms with van der Waals surface area (Å²) >= 11 is 5.08. The van der Waals surface area contributed by atoms with Gasteiger partial charge in [0.15, 0.2) is 53.0 Å². The predicted molar refractivity (Wildman–Crippen MR) is 138 cm³/mol. The molecule has 42 heavy (non-hydrogen) atoms. The molecule has 3 fully saturated rings. The average Bonchev–Trinajstić information content (AvgIpc) is 3.45. The number of imidazole rings is 2. The van der Waals surface area contributed by atoms with Crippen LogP contribution in [0.4, 0.5) is 20.5 Å². The molecule has 6 heterocycles. The van der Waals surface area contributed by atoms with E-state index >= 15 is 8.78 Å². The Kier molecular flexibility index (Phi) is 6.14. The predicted octanol–water partition coefficient (Wildman–Crippen LogP) is -1.68. The molecule has 22 heteroatoms. The van der Waals surface area contributed by atoms with Gasteiger partial charge in [0.1, 0.15) is 36.3 Å². The van der Waals surface area contributed by atoms with Crippen LogP contribution in [0.15, 0.2) is 23.8 Å². The molecule has 2 unspecified atom stereocenters. The highest BCUT2D eigenvalue weighted by atomic mass is 32.5. The number of nitrogens with one attached hydrogen (secondary N) is 1. The monoisotopic (exact) mass is 630 g/mol. The number of anilines is 2. The van der Waals surface area contributed by atoms with Crippen LogP contribution in [-0.4, -0.2) is 103 Å². The summed E-state index contributed by atoms with van der Waals surface area (Å²) in [5.41, 5.74) is 8.60. The van der Waals surface area contributed by atoms with Crippen LogP contribution in [0.2, 0.25) is 0 Å². The van der Waals surface area contributed by atoms with Gasteiger partial charge in [-0.1, -0.05) is 0 Å². The molecule has 2 aliphatic heterocycles.